The smallest absolute Gasteiger partial charge is 0.252 e. The molecule has 0 saturated heterocycles. The minimum Gasteiger partial charge on any atom is -0.375 e. The quantitative estimate of drug-likeness (QED) is 0.811. The maximum atomic E-state index is 12.8. The van der Waals surface area contributed by atoms with Crippen molar-refractivity contribution >= 4 is 11.6 Å². The van der Waals surface area contributed by atoms with E-state index >= 15 is 0 Å². The molecule has 1 aromatic carbocycles. The van der Waals surface area contributed by atoms with Crippen molar-refractivity contribution in [2.45, 2.75) is 6.42 Å². The van der Waals surface area contributed by atoms with Gasteiger partial charge in [0, 0.05) is 19.3 Å². The first-order chi connectivity index (χ1) is 8.19. The zero-order valence-electron chi connectivity index (χ0n) is 9.86. The molecule has 1 amide bonds. The van der Waals surface area contributed by atoms with Crippen molar-refractivity contribution < 1.29 is 13.9 Å². The van der Waals surface area contributed by atoms with Gasteiger partial charge in [-0.05, 0) is 37.2 Å². The molecule has 2 N–H and O–H groups in total. The molecule has 0 unspecified atom stereocenters. The fourth-order valence-electron chi connectivity index (χ4n) is 1.47. The second-order valence-corrected chi connectivity index (χ2v) is 3.60. The highest BCUT2D eigenvalue weighted by Gasteiger charge is 2.14. The number of carbonyl (C=O) groups excluding carboxylic acids is 1. The summed E-state index contributed by atoms with van der Waals surface area (Å²) in [6.45, 7) is 1.00. The number of benzene rings is 1. The zero-order chi connectivity index (χ0) is 12.7. The number of halogens is 1. The topological polar surface area (TPSA) is 55.6 Å². The summed E-state index contributed by atoms with van der Waals surface area (Å²) >= 11 is 0. The molecule has 5 heteroatoms. The molecule has 17 heavy (non-hydrogen) atoms. The van der Waals surface area contributed by atoms with Crippen LogP contribution in [0.2, 0.25) is 0 Å². The third-order valence-electron chi connectivity index (χ3n) is 2.29. The highest BCUT2D eigenvalue weighted by Crippen LogP contribution is 2.15. The average molecular weight is 240 g/mol. The number of rotatable bonds is 6. The number of hydrogen-bond donors (Lipinski definition) is 1. The SMILES string of the molecule is COCC(=O)N(CCCN)c1ccc(F)cc1. The van der Waals surface area contributed by atoms with Crippen molar-refractivity contribution in [2.24, 2.45) is 5.73 Å². The number of hydrogen-bond acceptors (Lipinski definition) is 3. The number of carbonyl (C=O) groups is 1. The maximum Gasteiger partial charge on any atom is 0.252 e. The first-order valence-electron chi connectivity index (χ1n) is 5.44. The highest BCUT2D eigenvalue weighted by molar-refractivity contribution is 5.94. The molecule has 4 nitrogen and oxygen atoms in total. The second kappa shape index (κ2) is 6.98. The normalized spacial score (nSPS) is 10.3. The molecule has 0 fully saturated rings. The molecule has 0 atom stereocenters. The fraction of sp³-hybridized carbons (Fsp3) is 0.417. The number of methoxy groups -OCH3 is 1. The van der Waals surface area contributed by atoms with Crippen molar-refractivity contribution in [3.05, 3.63) is 30.1 Å². The van der Waals surface area contributed by atoms with Crippen LogP contribution < -0.4 is 10.6 Å². The third kappa shape index (κ3) is 4.13. The standard InChI is InChI=1S/C12H17FN2O2/c1-17-9-12(16)15(8-2-7-14)11-5-3-10(13)4-6-11/h3-6H,2,7-9,14H2,1H3. The number of ether oxygens (including phenoxy) is 1. The summed E-state index contributed by atoms with van der Waals surface area (Å²) < 4.78 is 17.6. The predicted octanol–water partition coefficient (Wildman–Crippen LogP) is 1.15. The lowest BCUT2D eigenvalue weighted by atomic mass is 10.2. The molecule has 0 saturated carbocycles. The van der Waals surface area contributed by atoms with E-state index in [1.54, 1.807) is 17.0 Å². The summed E-state index contributed by atoms with van der Waals surface area (Å²) in [5.74, 6) is -0.487. The molecular weight excluding hydrogens is 223 g/mol. The number of nitrogens with zero attached hydrogens (tertiary/aromatic N) is 1. The van der Waals surface area contributed by atoms with Gasteiger partial charge in [-0.2, -0.15) is 0 Å². The van der Waals surface area contributed by atoms with Gasteiger partial charge >= 0.3 is 0 Å². The van der Waals surface area contributed by atoms with Crippen molar-refractivity contribution in [3.63, 3.8) is 0 Å². The number of anilines is 1. The highest BCUT2D eigenvalue weighted by atomic mass is 19.1. The monoisotopic (exact) mass is 240 g/mol. The molecule has 0 heterocycles. The van der Waals surface area contributed by atoms with Crippen LogP contribution in [0.1, 0.15) is 6.42 Å². The van der Waals surface area contributed by atoms with Crippen LogP contribution in [-0.2, 0) is 9.53 Å². The summed E-state index contributed by atoms with van der Waals surface area (Å²) in [7, 11) is 1.46. The van der Waals surface area contributed by atoms with Gasteiger partial charge in [-0.1, -0.05) is 0 Å². The number of amides is 1. The van der Waals surface area contributed by atoms with Crippen molar-refractivity contribution in [1.82, 2.24) is 0 Å². The van der Waals surface area contributed by atoms with Gasteiger partial charge in [0.1, 0.15) is 12.4 Å². The third-order valence-corrected chi connectivity index (χ3v) is 2.29. The first-order valence-corrected chi connectivity index (χ1v) is 5.44. The summed E-state index contributed by atoms with van der Waals surface area (Å²) in [6.07, 6.45) is 0.687. The van der Waals surface area contributed by atoms with Crippen LogP contribution in [0, 0.1) is 5.82 Å². The van der Waals surface area contributed by atoms with E-state index in [1.165, 1.54) is 19.2 Å². The van der Waals surface area contributed by atoms with E-state index in [4.69, 9.17) is 10.5 Å². The van der Waals surface area contributed by atoms with Gasteiger partial charge in [-0.25, -0.2) is 4.39 Å². The minimum absolute atomic E-state index is 0.00193. The molecule has 0 bridgehead atoms. The van der Waals surface area contributed by atoms with Crippen molar-refractivity contribution in [1.29, 1.82) is 0 Å². The fourth-order valence-corrected chi connectivity index (χ4v) is 1.47. The van der Waals surface area contributed by atoms with Crippen LogP contribution >= 0.6 is 0 Å². The molecule has 1 rings (SSSR count). The van der Waals surface area contributed by atoms with Gasteiger partial charge in [0.15, 0.2) is 0 Å². The molecule has 0 aliphatic heterocycles. The van der Waals surface area contributed by atoms with E-state index in [9.17, 15) is 9.18 Å². The Kier molecular flexibility index (Phi) is 5.59. The van der Waals surface area contributed by atoms with Gasteiger partial charge in [0.2, 0.25) is 0 Å². The van der Waals surface area contributed by atoms with Crippen LogP contribution in [0.15, 0.2) is 24.3 Å². The van der Waals surface area contributed by atoms with Gasteiger partial charge in [0.25, 0.3) is 5.91 Å². The van der Waals surface area contributed by atoms with Gasteiger partial charge < -0.3 is 15.4 Å². The lowest BCUT2D eigenvalue weighted by Gasteiger charge is -2.22. The molecule has 0 spiro atoms. The first kappa shape index (κ1) is 13.6. The summed E-state index contributed by atoms with van der Waals surface area (Å²) in [5.41, 5.74) is 6.08. The Morgan fingerprint density at radius 1 is 1.41 bits per heavy atom. The predicted molar refractivity (Wildman–Crippen MR) is 64.3 cm³/mol. The van der Waals surface area contributed by atoms with Gasteiger partial charge in [-0.15, -0.1) is 0 Å². The van der Waals surface area contributed by atoms with Crippen LogP contribution in [0.25, 0.3) is 0 Å². The van der Waals surface area contributed by atoms with Crippen LogP contribution in [-0.4, -0.2) is 32.7 Å². The van der Waals surface area contributed by atoms with Crippen LogP contribution in [0.4, 0.5) is 10.1 Å². The van der Waals surface area contributed by atoms with E-state index in [0.717, 1.165) is 0 Å². The molecule has 0 aromatic heterocycles. The Bertz CT molecular complexity index is 354. The van der Waals surface area contributed by atoms with E-state index in [0.29, 0.717) is 25.2 Å². The maximum absolute atomic E-state index is 12.8. The largest absolute Gasteiger partial charge is 0.375 e. The summed E-state index contributed by atoms with van der Waals surface area (Å²) in [6, 6.07) is 5.79. The van der Waals surface area contributed by atoms with Crippen molar-refractivity contribution in [2.75, 3.05) is 31.7 Å². The molecule has 0 radical (unpaired) electrons. The lowest BCUT2D eigenvalue weighted by molar-refractivity contribution is -0.122. The van der Waals surface area contributed by atoms with Crippen LogP contribution in [0.3, 0.4) is 0 Å². The van der Waals surface area contributed by atoms with E-state index in [1.807, 2.05) is 0 Å². The minimum atomic E-state index is -0.327. The second-order valence-electron chi connectivity index (χ2n) is 3.60. The average Bonchev–Trinajstić information content (AvgIpc) is 2.32. The molecule has 1 aromatic rings. The van der Waals surface area contributed by atoms with Crippen molar-refractivity contribution in [3.8, 4) is 0 Å². The Balaban J connectivity index is 2.81. The lowest BCUT2D eigenvalue weighted by Crippen LogP contribution is -2.35. The summed E-state index contributed by atoms with van der Waals surface area (Å²) in [4.78, 5) is 13.4. The Hall–Kier alpha value is -1.46. The Morgan fingerprint density at radius 3 is 2.59 bits per heavy atom. The summed E-state index contributed by atoms with van der Waals surface area (Å²) in [5, 5.41) is 0. The molecule has 0 aliphatic rings. The van der Waals surface area contributed by atoms with E-state index in [2.05, 4.69) is 0 Å². The van der Waals surface area contributed by atoms with Crippen LogP contribution in [0.5, 0.6) is 0 Å². The van der Waals surface area contributed by atoms with E-state index in [-0.39, 0.29) is 18.3 Å². The Labute approximate surface area is 100 Å². The molecular formula is C12H17FN2O2. The molecule has 94 valence electrons. The van der Waals surface area contributed by atoms with Gasteiger partial charge in [-0.3, -0.25) is 4.79 Å². The number of nitrogens with two attached hydrogens (primary N) is 1. The Morgan fingerprint density at radius 2 is 2.06 bits per heavy atom. The van der Waals surface area contributed by atoms with E-state index < -0.39 is 0 Å². The zero-order valence-corrected chi connectivity index (χ0v) is 9.86. The molecule has 0 aliphatic carbocycles. The van der Waals surface area contributed by atoms with Gasteiger partial charge in [0.05, 0.1) is 0 Å².